The van der Waals surface area contributed by atoms with Crippen LogP contribution in [-0.4, -0.2) is 62.0 Å². The van der Waals surface area contributed by atoms with E-state index in [0.29, 0.717) is 18.6 Å². The van der Waals surface area contributed by atoms with Gasteiger partial charge in [-0.05, 0) is 148 Å². The van der Waals surface area contributed by atoms with Gasteiger partial charge in [0.15, 0.2) is 0 Å². The number of fused-ring (bicyclic) bond motifs is 6. The summed E-state index contributed by atoms with van der Waals surface area (Å²) in [6.45, 7) is 28.6. The standard InChI is InChI=1S/C38H43N7.C13H19N.C3H8.C2H2/c1-22(2)39-20-24(4)45-23(3)8-15-35(45)37-40-21-33(42-37)28-11-13-29-25(17-28)9-10-26-19-31-27(18-30(26)29)12-14-32-36(31)43-38(41-32)34-7-6-16-44(34)5;1-4-11(3)14-13(5-2)12-9-7-6-8-10-12;1-3-2;1-2/h11-14,17-19,21,23,34-35,39H,1,4,6-10,15-16,20H2,2-3,5H3,(H,40,42)(H,41,43);5,7,9-10,13-14H,2-4,6,8H2,1H3;3H2,1-2H3;1-2H/t23-,34?,35?;;;/m0.../s1. The summed E-state index contributed by atoms with van der Waals surface area (Å²) in [4.78, 5) is 22.2. The molecule has 2 aliphatic carbocycles. The zero-order valence-corrected chi connectivity index (χ0v) is 39.5. The first-order chi connectivity index (χ1) is 31.0. The Morgan fingerprint density at radius 1 is 0.938 bits per heavy atom. The zero-order chi connectivity index (χ0) is 45.9. The van der Waals surface area contributed by atoms with Crippen LogP contribution in [0.2, 0.25) is 0 Å². The fraction of sp³-hybridized carbons (Fsp3) is 0.393. The van der Waals surface area contributed by atoms with Gasteiger partial charge in [0.25, 0.3) is 0 Å². The molecule has 5 aromatic rings. The van der Waals surface area contributed by atoms with Gasteiger partial charge in [-0.2, -0.15) is 0 Å². The van der Waals surface area contributed by atoms with Gasteiger partial charge in [0.1, 0.15) is 11.6 Å². The third kappa shape index (κ3) is 10.7. The summed E-state index contributed by atoms with van der Waals surface area (Å²) in [5.74, 6) is 2.13. The molecule has 8 heteroatoms. The maximum absolute atomic E-state index is 5.16. The summed E-state index contributed by atoms with van der Waals surface area (Å²) in [5, 5.41) is 9.21. The maximum atomic E-state index is 5.16. The van der Waals surface area contributed by atoms with Crippen LogP contribution in [-0.2, 0) is 12.8 Å². The molecule has 3 aromatic carbocycles. The van der Waals surface area contributed by atoms with Crippen molar-refractivity contribution in [2.24, 2.45) is 0 Å². The third-order valence-electron chi connectivity index (χ3n) is 12.9. The number of nitrogens with zero attached hydrogens (tertiary/aromatic N) is 4. The monoisotopic (exact) mass is 857 g/mol. The normalized spacial score (nSPS) is 19.1. The van der Waals surface area contributed by atoms with Crippen LogP contribution in [0.5, 0.6) is 0 Å². The number of hydrogen-bond acceptors (Lipinski definition) is 6. The van der Waals surface area contributed by atoms with Gasteiger partial charge in [-0.15, -0.1) is 19.4 Å². The van der Waals surface area contributed by atoms with Crippen LogP contribution in [0.1, 0.15) is 121 Å². The van der Waals surface area contributed by atoms with Crippen LogP contribution in [0.25, 0.3) is 44.2 Å². The van der Waals surface area contributed by atoms with E-state index in [9.17, 15) is 0 Å². The fourth-order valence-corrected chi connectivity index (χ4v) is 9.53. The molecule has 8 nitrogen and oxygen atoms in total. The molecule has 4 aliphatic rings. The lowest BCUT2D eigenvalue weighted by atomic mass is 9.83. The Hall–Kier alpha value is -6.04. The molecule has 2 saturated heterocycles. The quantitative estimate of drug-likeness (QED) is 0.0738. The van der Waals surface area contributed by atoms with Crippen molar-refractivity contribution in [1.82, 2.24) is 40.4 Å². The minimum absolute atomic E-state index is 0.210. The molecule has 64 heavy (non-hydrogen) atoms. The first-order valence-corrected chi connectivity index (χ1v) is 23.5. The Labute approximate surface area is 383 Å². The van der Waals surface area contributed by atoms with Gasteiger partial charge in [-0.25, -0.2) is 9.97 Å². The molecule has 336 valence electrons. The van der Waals surface area contributed by atoms with E-state index in [4.69, 9.17) is 9.97 Å². The highest BCUT2D eigenvalue weighted by Crippen LogP contribution is 2.41. The van der Waals surface area contributed by atoms with Crippen molar-refractivity contribution in [2.45, 2.75) is 123 Å². The number of allylic oxidation sites excluding steroid dienone is 4. The SMILES string of the molecule is C#C.C=C(C)NCC(=C)N1C(c2ncc(-c3ccc4c(c3)CCc3cc5c(ccc6[nH]c(C7CCCN7C)nc65)cc3-4)[nH]2)CC[C@@H]1C.C=CC(NC(=C)CC)C1=CCCC=C1.CCC. The van der Waals surface area contributed by atoms with Gasteiger partial charge in [-0.1, -0.05) is 89.4 Å². The predicted molar refractivity (Wildman–Crippen MR) is 273 cm³/mol. The minimum Gasteiger partial charge on any atom is -0.384 e. The second-order valence-electron chi connectivity index (χ2n) is 17.8. The minimum atomic E-state index is 0.210. The van der Waals surface area contributed by atoms with E-state index in [1.54, 1.807) is 0 Å². The van der Waals surface area contributed by atoms with Crippen LogP contribution in [0.3, 0.4) is 0 Å². The molecule has 2 aliphatic heterocycles. The highest BCUT2D eigenvalue weighted by atomic mass is 15.3. The van der Waals surface area contributed by atoms with Crippen molar-refractivity contribution >= 4 is 21.8 Å². The van der Waals surface area contributed by atoms with Gasteiger partial charge in [-0.3, -0.25) is 4.90 Å². The van der Waals surface area contributed by atoms with Crippen molar-refractivity contribution in [2.75, 3.05) is 20.1 Å². The van der Waals surface area contributed by atoms with Crippen molar-refractivity contribution in [3.63, 3.8) is 0 Å². The van der Waals surface area contributed by atoms with Crippen LogP contribution >= 0.6 is 0 Å². The van der Waals surface area contributed by atoms with E-state index >= 15 is 0 Å². The molecule has 0 bridgehead atoms. The van der Waals surface area contributed by atoms with Gasteiger partial charge >= 0.3 is 0 Å². The second kappa shape index (κ2) is 22.0. The predicted octanol–water partition coefficient (Wildman–Crippen LogP) is 12.8. The molecule has 3 unspecified atom stereocenters. The zero-order valence-electron chi connectivity index (χ0n) is 39.5. The number of nitrogens with one attached hydrogen (secondary N) is 4. The van der Waals surface area contributed by atoms with Gasteiger partial charge in [0.05, 0.1) is 47.6 Å². The van der Waals surface area contributed by atoms with E-state index in [0.717, 1.165) is 97.0 Å². The van der Waals surface area contributed by atoms with E-state index in [1.807, 2.05) is 19.2 Å². The van der Waals surface area contributed by atoms with Crippen molar-refractivity contribution in [1.29, 1.82) is 0 Å². The number of terminal acetylenes is 1. The van der Waals surface area contributed by atoms with E-state index in [-0.39, 0.29) is 12.1 Å². The lowest BCUT2D eigenvalue weighted by Gasteiger charge is -2.31. The lowest BCUT2D eigenvalue weighted by Crippen LogP contribution is -2.33. The summed E-state index contributed by atoms with van der Waals surface area (Å²) in [5.41, 5.74) is 14.4. The molecule has 0 radical (unpaired) electrons. The number of benzene rings is 3. The molecular formula is C56H72N8. The molecule has 0 spiro atoms. The molecule has 4 heterocycles. The first-order valence-electron chi connectivity index (χ1n) is 23.5. The number of rotatable bonds is 12. The summed E-state index contributed by atoms with van der Waals surface area (Å²) < 4.78 is 0. The molecular weight excluding hydrogens is 785 g/mol. The molecule has 2 aromatic heterocycles. The lowest BCUT2D eigenvalue weighted by molar-refractivity contribution is 0.254. The number of H-pyrrole nitrogens is 2. The maximum Gasteiger partial charge on any atom is 0.129 e. The Balaban J connectivity index is 0.000000302. The van der Waals surface area contributed by atoms with Crippen LogP contribution in [0.15, 0.2) is 122 Å². The highest BCUT2D eigenvalue weighted by molar-refractivity contribution is 6.06. The number of hydrogen-bond donors (Lipinski definition) is 4. The number of imidazole rings is 2. The largest absolute Gasteiger partial charge is 0.384 e. The van der Waals surface area contributed by atoms with Gasteiger partial charge in [0, 0.05) is 28.5 Å². The third-order valence-corrected chi connectivity index (χ3v) is 12.9. The van der Waals surface area contributed by atoms with Crippen LogP contribution in [0.4, 0.5) is 0 Å². The highest BCUT2D eigenvalue weighted by Gasteiger charge is 2.34. The number of aromatic nitrogens is 4. The molecule has 4 N–H and O–H groups in total. The average Bonchev–Trinajstić information content (AvgIpc) is 4.15. The van der Waals surface area contributed by atoms with Crippen LogP contribution in [0, 0.1) is 12.8 Å². The van der Waals surface area contributed by atoms with Gasteiger partial charge < -0.3 is 25.5 Å². The molecule has 4 atom stereocenters. The summed E-state index contributed by atoms with van der Waals surface area (Å²) in [6.07, 6.45) is 29.7. The van der Waals surface area contributed by atoms with Crippen molar-refractivity contribution in [3.8, 4) is 35.2 Å². The fourth-order valence-electron chi connectivity index (χ4n) is 9.53. The number of aryl methyl sites for hydroxylation is 2. The topological polar surface area (TPSA) is 87.9 Å². The average molecular weight is 857 g/mol. The Morgan fingerprint density at radius 3 is 2.38 bits per heavy atom. The number of aromatic amines is 2. The number of likely N-dealkylation sites (tertiary alicyclic amines) is 2. The molecule has 9 rings (SSSR count). The molecule has 2 fully saturated rings. The van der Waals surface area contributed by atoms with E-state index in [2.05, 4.69) is 165 Å². The van der Waals surface area contributed by atoms with Crippen molar-refractivity contribution in [3.05, 3.63) is 145 Å². The van der Waals surface area contributed by atoms with Crippen molar-refractivity contribution < 1.29 is 0 Å². The van der Waals surface area contributed by atoms with E-state index < -0.39 is 0 Å². The van der Waals surface area contributed by atoms with Gasteiger partial charge in [0.2, 0.25) is 0 Å². The molecule has 0 saturated carbocycles. The Kier molecular flexibility index (Phi) is 16.3. The summed E-state index contributed by atoms with van der Waals surface area (Å²) in [6, 6.07) is 17.4. The van der Waals surface area contributed by atoms with E-state index in [1.165, 1.54) is 63.4 Å². The Morgan fingerprint density at radius 2 is 1.70 bits per heavy atom. The summed E-state index contributed by atoms with van der Waals surface area (Å²) in [7, 11) is 2.21. The van der Waals surface area contributed by atoms with Crippen LogP contribution < -0.4 is 10.6 Å². The Bertz CT molecular complexity index is 2530. The molecule has 0 amide bonds. The summed E-state index contributed by atoms with van der Waals surface area (Å²) >= 11 is 0. The smallest absolute Gasteiger partial charge is 0.129 e. The second-order valence-corrected chi connectivity index (χ2v) is 17.8. The first kappa shape index (κ1) is 47.4.